The summed E-state index contributed by atoms with van der Waals surface area (Å²) in [5, 5.41) is 16.6. The number of amides is 2. The van der Waals surface area contributed by atoms with Crippen LogP contribution in [0.15, 0.2) is 127 Å². The lowest BCUT2D eigenvalue weighted by molar-refractivity contribution is -0.0633. The smallest absolute Gasteiger partial charge is 0.411 e. The van der Waals surface area contributed by atoms with Crippen molar-refractivity contribution in [3.8, 4) is 11.5 Å². The molecular weight excluding hydrogens is 672 g/mol. The topological polar surface area (TPSA) is 145 Å². The van der Waals surface area contributed by atoms with Crippen LogP contribution in [0.2, 0.25) is 0 Å². The fourth-order valence-corrected chi connectivity index (χ4v) is 5.95. The number of carbonyl (C=O) groups excluding carboxylic acids is 2. The highest BCUT2D eigenvalue weighted by atomic mass is 16.5. The second kappa shape index (κ2) is 19.0. The number of aliphatic hydroxyl groups excluding tert-OH is 1. The van der Waals surface area contributed by atoms with E-state index in [4.69, 9.17) is 24.7 Å². The molecule has 0 bridgehead atoms. The molecule has 5 aromatic rings. The van der Waals surface area contributed by atoms with Crippen molar-refractivity contribution in [1.82, 2.24) is 4.90 Å². The lowest BCUT2D eigenvalue weighted by Crippen LogP contribution is -2.47. The number of benzene rings is 5. The average molecular weight is 719 g/mol. The van der Waals surface area contributed by atoms with Crippen LogP contribution < -0.4 is 25.8 Å². The van der Waals surface area contributed by atoms with E-state index in [2.05, 4.69) is 15.5 Å². The molecule has 0 fully saturated rings. The van der Waals surface area contributed by atoms with Crippen LogP contribution >= 0.6 is 0 Å². The summed E-state index contributed by atoms with van der Waals surface area (Å²) < 4.78 is 22.0. The second-order valence-electron chi connectivity index (χ2n) is 12.5. The van der Waals surface area contributed by atoms with Crippen LogP contribution in [0.25, 0.3) is 0 Å². The normalized spacial score (nSPS) is 12.1. The average Bonchev–Trinajstić information content (AvgIpc) is 3.18. The zero-order valence-electron chi connectivity index (χ0n) is 30.1. The Bertz CT molecular complexity index is 1830. The SMILES string of the molecule is COC(=O)Nc1ccc(C(CCN(Cc2ccccc2)C(Oc2ccc(OCc3ccccc3)c(N)c2)C(C)O)c2ccc(NC(=O)OC)cc2)cc1. The molecule has 2 amide bonds. The minimum atomic E-state index is -0.875. The van der Waals surface area contributed by atoms with Crippen LogP contribution in [0.1, 0.15) is 41.5 Å². The van der Waals surface area contributed by atoms with E-state index in [0.717, 1.165) is 22.3 Å². The van der Waals surface area contributed by atoms with Gasteiger partial charge in [-0.1, -0.05) is 84.9 Å². The van der Waals surface area contributed by atoms with Gasteiger partial charge in [-0.3, -0.25) is 15.5 Å². The van der Waals surface area contributed by atoms with Crippen LogP contribution in [0.3, 0.4) is 0 Å². The number of ether oxygens (including phenoxy) is 4. The van der Waals surface area contributed by atoms with Gasteiger partial charge >= 0.3 is 12.2 Å². The zero-order chi connectivity index (χ0) is 37.6. The lowest BCUT2D eigenvalue weighted by atomic mass is 9.88. The van der Waals surface area contributed by atoms with Crippen molar-refractivity contribution in [2.45, 2.75) is 44.7 Å². The van der Waals surface area contributed by atoms with Crippen molar-refractivity contribution in [3.05, 3.63) is 150 Å². The van der Waals surface area contributed by atoms with Crippen LogP contribution in [0.5, 0.6) is 11.5 Å². The molecule has 0 aliphatic heterocycles. The third kappa shape index (κ3) is 11.2. The Morgan fingerprint density at radius 1 is 0.736 bits per heavy atom. The van der Waals surface area contributed by atoms with E-state index in [9.17, 15) is 14.7 Å². The van der Waals surface area contributed by atoms with E-state index in [0.29, 0.717) is 54.7 Å². The van der Waals surface area contributed by atoms with Crippen molar-refractivity contribution in [3.63, 3.8) is 0 Å². The summed E-state index contributed by atoms with van der Waals surface area (Å²) in [6.45, 7) is 3.11. The molecule has 5 aromatic carbocycles. The molecule has 53 heavy (non-hydrogen) atoms. The van der Waals surface area contributed by atoms with E-state index in [1.807, 2.05) is 109 Å². The Labute approximate surface area is 310 Å². The van der Waals surface area contributed by atoms with Gasteiger partial charge in [0.2, 0.25) is 0 Å². The fraction of sp³-hybridized carbons (Fsp3) is 0.238. The Morgan fingerprint density at radius 2 is 1.26 bits per heavy atom. The van der Waals surface area contributed by atoms with Gasteiger partial charge in [-0.2, -0.15) is 0 Å². The van der Waals surface area contributed by atoms with E-state index in [-0.39, 0.29) is 5.92 Å². The van der Waals surface area contributed by atoms with Crippen LogP contribution in [0.4, 0.5) is 26.7 Å². The van der Waals surface area contributed by atoms with Crippen molar-refractivity contribution >= 4 is 29.2 Å². The number of hydrogen-bond donors (Lipinski definition) is 4. The largest absolute Gasteiger partial charge is 0.487 e. The van der Waals surface area contributed by atoms with E-state index >= 15 is 0 Å². The number of nitrogen functional groups attached to an aromatic ring is 1. The first-order valence-electron chi connectivity index (χ1n) is 17.3. The summed E-state index contributed by atoms with van der Waals surface area (Å²) >= 11 is 0. The fourth-order valence-electron chi connectivity index (χ4n) is 5.95. The van der Waals surface area contributed by atoms with E-state index in [1.54, 1.807) is 25.1 Å². The number of methoxy groups -OCH3 is 2. The van der Waals surface area contributed by atoms with Crippen molar-refractivity contribution in [2.75, 3.05) is 37.1 Å². The second-order valence-corrected chi connectivity index (χ2v) is 12.5. The third-order valence-electron chi connectivity index (χ3n) is 8.67. The Kier molecular flexibility index (Phi) is 13.7. The molecule has 5 N–H and O–H groups in total. The highest BCUT2D eigenvalue weighted by molar-refractivity contribution is 5.85. The summed E-state index contributed by atoms with van der Waals surface area (Å²) in [6, 6.07) is 40.3. The van der Waals surface area contributed by atoms with Gasteiger partial charge in [-0.25, -0.2) is 9.59 Å². The first-order chi connectivity index (χ1) is 25.7. The Morgan fingerprint density at radius 3 is 1.75 bits per heavy atom. The number of hydrogen-bond acceptors (Lipinski definition) is 9. The van der Waals surface area contributed by atoms with Gasteiger partial charge in [0.05, 0.1) is 19.9 Å². The van der Waals surface area contributed by atoms with E-state index < -0.39 is 24.5 Å². The van der Waals surface area contributed by atoms with Gasteiger partial charge in [-0.05, 0) is 72.0 Å². The van der Waals surface area contributed by atoms with Crippen LogP contribution in [0, 0.1) is 0 Å². The Hall–Kier alpha value is -6.04. The molecule has 2 atom stereocenters. The van der Waals surface area contributed by atoms with Gasteiger partial charge in [-0.15, -0.1) is 0 Å². The molecule has 0 saturated carbocycles. The maximum atomic E-state index is 11.8. The number of anilines is 3. The molecular formula is C42H46N4O7. The predicted octanol–water partition coefficient (Wildman–Crippen LogP) is 8.01. The summed E-state index contributed by atoms with van der Waals surface area (Å²) in [5.41, 5.74) is 12.1. The highest BCUT2D eigenvalue weighted by Gasteiger charge is 2.27. The van der Waals surface area contributed by atoms with E-state index in [1.165, 1.54) is 14.2 Å². The van der Waals surface area contributed by atoms with Gasteiger partial charge in [0.1, 0.15) is 24.2 Å². The van der Waals surface area contributed by atoms with Crippen molar-refractivity contribution in [1.29, 1.82) is 0 Å². The molecule has 5 rings (SSSR count). The first-order valence-corrected chi connectivity index (χ1v) is 17.3. The van der Waals surface area contributed by atoms with Crippen LogP contribution in [-0.4, -0.2) is 55.3 Å². The molecule has 0 aromatic heterocycles. The number of carbonyl (C=O) groups is 2. The monoisotopic (exact) mass is 718 g/mol. The standard InChI is InChI=1S/C42H46N4O7/c1-29(47)40(53-36-22-23-39(38(43)26-36)52-28-31-12-8-5-9-13-31)46(27-30-10-6-4-7-11-30)25-24-37(32-14-18-34(19-15-32)44-41(48)50-2)33-16-20-35(21-17-33)45-42(49)51-3/h4-23,26,29,37,40,47H,24-25,27-28,43H2,1-3H3,(H,44,48)(H,45,49). The van der Waals surface area contributed by atoms with Crippen molar-refractivity contribution in [2.24, 2.45) is 0 Å². The lowest BCUT2D eigenvalue weighted by Gasteiger charge is -2.35. The number of nitrogens with two attached hydrogens (primary N) is 1. The van der Waals surface area contributed by atoms with Gasteiger partial charge in [0.15, 0.2) is 6.23 Å². The molecule has 0 aliphatic rings. The Balaban J connectivity index is 1.40. The zero-order valence-corrected chi connectivity index (χ0v) is 30.1. The van der Waals surface area contributed by atoms with Gasteiger partial charge < -0.3 is 29.8 Å². The minimum Gasteiger partial charge on any atom is -0.487 e. The first kappa shape index (κ1) is 38.2. The maximum absolute atomic E-state index is 11.8. The molecule has 276 valence electrons. The third-order valence-corrected chi connectivity index (χ3v) is 8.67. The summed E-state index contributed by atoms with van der Waals surface area (Å²) in [7, 11) is 2.63. The molecule has 0 radical (unpaired) electrons. The predicted molar refractivity (Wildman–Crippen MR) is 206 cm³/mol. The van der Waals surface area contributed by atoms with Gasteiger partial charge in [0.25, 0.3) is 0 Å². The highest BCUT2D eigenvalue weighted by Crippen LogP contribution is 2.33. The minimum absolute atomic E-state index is 0.112. The summed E-state index contributed by atoms with van der Waals surface area (Å²) in [5.74, 6) is 0.927. The molecule has 0 aliphatic carbocycles. The molecule has 0 saturated heterocycles. The number of rotatable bonds is 16. The summed E-state index contributed by atoms with van der Waals surface area (Å²) in [6.07, 6.45) is -2.09. The number of aliphatic hydroxyl groups is 1. The summed E-state index contributed by atoms with van der Waals surface area (Å²) in [4.78, 5) is 25.8. The molecule has 0 heterocycles. The molecule has 2 unspecified atom stereocenters. The quantitative estimate of drug-likeness (QED) is 0.0589. The van der Waals surface area contributed by atoms with Gasteiger partial charge in [0, 0.05) is 36.4 Å². The molecule has 11 heteroatoms. The maximum Gasteiger partial charge on any atom is 0.411 e. The molecule has 11 nitrogen and oxygen atoms in total. The van der Waals surface area contributed by atoms with Crippen LogP contribution in [-0.2, 0) is 22.6 Å². The number of nitrogens with zero attached hydrogens (tertiary/aromatic N) is 1. The van der Waals surface area contributed by atoms with Crippen molar-refractivity contribution < 1.29 is 33.6 Å². The molecule has 0 spiro atoms. The number of nitrogens with one attached hydrogen (secondary N) is 2.